The summed E-state index contributed by atoms with van der Waals surface area (Å²) in [7, 11) is 0. The molecule has 2 N–H and O–H groups in total. The highest BCUT2D eigenvalue weighted by molar-refractivity contribution is 5.80. The predicted molar refractivity (Wildman–Crippen MR) is 64.7 cm³/mol. The maximum absolute atomic E-state index is 13.7. The maximum Gasteiger partial charge on any atom is 0.221 e. The summed E-state index contributed by atoms with van der Waals surface area (Å²) in [5, 5.41) is 0. The molecular weight excluding hydrogens is 236 g/mol. The van der Waals surface area contributed by atoms with Gasteiger partial charge in [-0.25, -0.2) is 8.78 Å². The number of carbonyl (C=O) groups is 1. The van der Waals surface area contributed by atoms with Gasteiger partial charge in [0.25, 0.3) is 0 Å². The van der Waals surface area contributed by atoms with Crippen molar-refractivity contribution in [2.75, 3.05) is 0 Å². The van der Waals surface area contributed by atoms with Crippen molar-refractivity contribution in [3.63, 3.8) is 0 Å². The van der Waals surface area contributed by atoms with Gasteiger partial charge < -0.3 is 5.73 Å². The normalized spacial score (nSPS) is 10.3. The van der Waals surface area contributed by atoms with Gasteiger partial charge in [-0.05, 0) is 17.7 Å². The third kappa shape index (κ3) is 2.37. The molecule has 2 aromatic rings. The molecule has 0 unspecified atom stereocenters. The Morgan fingerprint density at radius 2 is 1.56 bits per heavy atom. The van der Waals surface area contributed by atoms with Crippen LogP contribution in [0.1, 0.15) is 5.56 Å². The number of benzene rings is 2. The number of rotatable bonds is 3. The van der Waals surface area contributed by atoms with E-state index in [0.717, 1.165) is 0 Å². The highest BCUT2D eigenvalue weighted by Crippen LogP contribution is 2.28. The van der Waals surface area contributed by atoms with Crippen LogP contribution in [0.3, 0.4) is 0 Å². The van der Waals surface area contributed by atoms with Crippen LogP contribution >= 0.6 is 0 Å². The molecule has 0 atom stereocenters. The lowest BCUT2D eigenvalue weighted by atomic mass is 9.96. The molecule has 4 heteroatoms. The van der Waals surface area contributed by atoms with Crippen molar-refractivity contribution < 1.29 is 13.6 Å². The van der Waals surface area contributed by atoms with Crippen LogP contribution in [0.5, 0.6) is 0 Å². The minimum absolute atomic E-state index is 0.120. The number of halogens is 2. The molecule has 2 nitrogen and oxygen atoms in total. The van der Waals surface area contributed by atoms with Gasteiger partial charge in [-0.3, -0.25) is 4.79 Å². The van der Waals surface area contributed by atoms with E-state index in [-0.39, 0.29) is 17.5 Å². The van der Waals surface area contributed by atoms with Gasteiger partial charge in [0.1, 0.15) is 11.6 Å². The predicted octanol–water partition coefficient (Wildman–Crippen LogP) is 2.66. The van der Waals surface area contributed by atoms with Crippen LogP contribution < -0.4 is 5.73 Å². The molecule has 0 fully saturated rings. The summed E-state index contributed by atoms with van der Waals surface area (Å²) in [6, 6.07) is 10.3. The molecule has 2 aromatic carbocycles. The van der Waals surface area contributed by atoms with E-state index in [1.807, 2.05) is 0 Å². The number of hydrogen-bond donors (Lipinski definition) is 1. The summed E-state index contributed by atoms with van der Waals surface area (Å²) in [6.07, 6.45) is -0.254. The molecule has 2 rings (SSSR count). The molecule has 0 saturated heterocycles. The Bertz CT molecular complexity index is 596. The lowest BCUT2D eigenvalue weighted by Crippen LogP contribution is -2.15. The van der Waals surface area contributed by atoms with Crippen LogP contribution in [0.25, 0.3) is 11.1 Å². The zero-order chi connectivity index (χ0) is 13.1. The first-order valence-corrected chi connectivity index (χ1v) is 5.40. The maximum atomic E-state index is 13.7. The van der Waals surface area contributed by atoms with Crippen molar-refractivity contribution in [2.45, 2.75) is 6.42 Å². The van der Waals surface area contributed by atoms with Gasteiger partial charge in [0.05, 0.1) is 6.42 Å². The average Bonchev–Trinajstić information content (AvgIpc) is 2.32. The summed E-state index contributed by atoms with van der Waals surface area (Å²) in [6.45, 7) is 0. The standard InChI is InChI=1S/C14H11F2NO/c15-12-6-2-1-4-10(12)9-5-3-7-13(16)11(9)8-14(17)18/h1-7H,8H2,(H2,17,18). The Morgan fingerprint density at radius 1 is 0.944 bits per heavy atom. The van der Waals surface area contributed by atoms with E-state index in [9.17, 15) is 13.6 Å². The fraction of sp³-hybridized carbons (Fsp3) is 0.0714. The van der Waals surface area contributed by atoms with Gasteiger partial charge >= 0.3 is 0 Å². The summed E-state index contributed by atoms with van der Waals surface area (Å²) >= 11 is 0. The molecule has 92 valence electrons. The van der Waals surface area contributed by atoms with Crippen LogP contribution in [0.4, 0.5) is 8.78 Å². The summed E-state index contributed by atoms with van der Waals surface area (Å²) in [5.74, 6) is -1.68. The van der Waals surface area contributed by atoms with Gasteiger partial charge in [0.15, 0.2) is 0 Å². The zero-order valence-corrected chi connectivity index (χ0v) is 9.49. The third-order valence-electron chi connectivity index (χ3n) is 2.63. The van der Waals surface area contributed by atoms with Crippen LogP contribution in [0.2, 0.25) is 0 Å². The molecule has 0 aliphatic heterocycles. The van der Waals surface area contributed by atoms with Crippen molar-refractivity contribution in [2.24, 2.45) is 5.73 Å². The van der Waals surface area contributed by atoms with Gasteiger partial charge in [-0.2, -0.15) is 0 Å². The molecule has 0 spiro atoms. The Kier molecular flexibility index (Phi) is 3.37. The van der Waals surface area contributed by atoms with Crippen LogP contribution in [0, 0.1) is 11.6 Å². The molecule has 0 aliphatic carbocycles. The number of hydrogen-bond acceptors (Lipinski definition) is 1. The molecule has 18 heavy (non-hydrogen) atoms. The van der Waals surface area contributed by atoms with Crippen LogP contribution in [-0.2, 0) is 11.2 Å². The van der Waals surface area contributed by atoms with E-state index in [4.69, 9.17) is 5.73 Å². The molecule has 0 saturated carbocycles. The largest absolute Gasteiger partial charge is 0.369 e. The second-order valence-corrected chi connectivity index (χ2v) is 3.89. The van der Waals surface area contributed by atoms with Gasteiger partial charge in [0, 0.05) is 11.1 Å². The first-order chi connectivity index (χ1) is 8.59. The number of primary amides is 1. The van der Waals surface area contributed by atoms with Crippen LogP contribution in [0.15, 0.2) is 42.5 Å². The first kappa shape index (κ1) is 12.2. The van der Waals surface area contributed by atoms with E-state index in [1.165, 1.54) is 24.3 Å². The average molecular weight is 247 g/mol. The lowest BCUT2D eigenvalue weighted by Gasteiger charge is -2.10. The number of amides is 1. The zero-order valence-electron chi connectivity index (χ0n) is 9.49. The highest BCUT2D eigenvalue weighted by atomic mass is 19.1. The Labute approximate surface area is 103 Å². The number of nitrogens with two attached hydrogens (primary N) is 1. The van der Waals surface area contributed by atoms with E-state index in [0.29, 0.717) is 5.56 Å². The molecule has 0 bridgehead atoms. The first-order valence-electron chi connectivity index (χ1n) is 5.40. The number of carbonyl (C=O) groups excluding carboxylic acids is 1. The molecule has 1 amide bonds. The minimum Gasteiger partial charge on any atom is -0.369 e. The Balaban J connectivity index is 2.61. The van der Waals surface area contributed by atoms with Crippen molar-refractivity contribution in [3.8, 4) is 11.1 Å². The Hall–Kier alpha value is -2.23. The lowest BCUT2D eigenvalue weighted by molar-refractivity contribution is -0.117. The smallest absolute Gasteiger partial charge is 0.221 e. The SMILES string of the molecule is NC(=O)Cc1c(F)cccc1-c1ccccc1F. The minimum atomic E-state index is -0.655. The summed E-state index contributed by atoms with van der Waals surface area (Å²) in [4.78, 5) is 11.0. The fourth-order valence-electron chi connectivity index (χ4n) is 1.84. The molecule has 0 aliphatic rings. The van der Waals surface area contributed by atoms with Gasteiger partial charge in [-0.15, -0.1) is 0 Å². The van der Waals surface area contributed by atoms with E-state index in [1.54, 1.807) is 18.2 Å². The van der Waals surface area contributed by atoms with Crippen molar-refractivity contribution in [1.29, 1.82) is 0 Å². The molecular formula is C14H11F2NO. The van der Waals surface area contributed by atoms with Crippen LogP contribution in [-0.4, -0.2) is 5.91 Å². The quantitative estimate of drug-likeness (QED) is 0.890. The van der Waals surface area contributed by atoms with Gasteiger partial charge in [0.2, 0.25) is 5.91 Å². The van der Waals surface area contributed by atoms with Crippen molar-refractivity contribution in [3.05, 3.63) is 59.7 Å². The van der Waals surface area contributed by atoms with Crippen molar-refractivity contribution in [1.82, 2.24) is 0 Å². The monoisotopic (exact) mass is 247 g/mol. The molecule has 0 radical (unpaired) electrons. The summed E-state index contributed by atoms with van der Waals surface area (Å²) < 4.78 is 27.4. The second kappa shape index (κ2) is 4.96. The third-order valence-corrected chi connectivity index (χ3v) is 2.63. The van der Waals surface area contributed by atoms with Gasteiger partial charge in [-0.1, -0.05) is 30.3 Å². The fourth-order valence-corrected chi connectivity index (χ4v) is 1.84. The van der Waals surface area contributed by atoms with E-state index < -0.39 is 17.5 Å². The second-order valence-electron chi connectivity index (χ2n) is 3.89. The van der Waals surface area contributed by atoms with Crippen molar-refractivity contribution >= 4 is 5.91 Å². The topological polar surface area (TPSA) is 43.1 Å². The molecule has 0 heterocycles. The Morgan fingerprint density at radius 3 is 2.22 bits per heavy atom. The van der Waals surface area contributed by atoms with E-state index >= 15 is 0 Å². The summed E-state index contributed by atoms with van der Waals surface area (Å²) in [5.41, 5.74) is 5.81. The highest BCUT2D eigenvalue weighted by Gasteiger charge is 2.14. The van der Waals surface area contributed by atoms with E-state index in [2.05, 4.69) is 0 Å². The molecule has 0 aromatic heterocycles.